The standard InChI is InChI=1S/C17H21N.ClH/c18-17(14-8-2-1-3-9-14)16-12-6-10-13-7-4-5-11-15(13)16;/h4-7,10-12,14,17H,1-3,8-9,18H2;1H/t17-;/m0./s1. The fraction of sp³-hybridized carbons (Fsp3) is 0.412. The van der Waals surface area contributed by atoms with E-state index in [1.54, 1.807) is 0 Å². The molecule has 0 heterocycles. The Kier molecular flexibility index (Phi) is 4.84. The van der Waals surface area contributed by atoms with Crippen molar-refractivity contribution in [3.05, 3.63) is 48.0 Å². The Morgan fingerprint density at radius 3 is 2.37 bits per heavy atom. The Hall–Kier alpha value is -1.05. The van der Waals surface area contributed by atoms with Gasteiger partial charge in [0.05, 0.1) is 0 Å². The molecule has 0 bridgehead atoms. The van der Waals surface area contributed by atoms with Crippen molar-refractivity contribution in [3.63, 3.8) is 0 Å². The van der Waals surface area contributed by atoms with Crippen LogP contribution >= 0.6 is 12.4 Å². The zero-order valence-electron chi connectivity index (χ0n) is 11.2. The maximum Gasteiger partial charge on any atom is 0.0329 e. The minimum atomic E-state index is 0. The highest BCUT2D eigenvalue weighted by Crippen LogP contribution is 2.35. The van der Waals surface area contributed by atoms with E-state index in [0.717, 1.165) is 0 Å². The van der Waals surface area contributed by atoms with Gasteiger partial charge < -0.3 is 5.73 Å². The summed E-state index contributed by atoms with van der Waals surface area (Å²) in [5, 5.41) is 2.64. The summed E-state index contributed by atoms with van der Waals surface area (Å²) in [4.78, 5) is 0. The van der Waals surface area contributed by atoms with Crippen LogP contribution in [0.2, 0.25) is 0 Å². The van der Waals surface area contributed by atoms with Crippen LogP contribution in [0.1, 0.15) is 43.7 Å². The second-order valence-corrected chi connectivity index (χ2v) is 5.49. The van der Waals surface area contributed by atoms with Gasteiger partial charge in [0, 0.05) is 6.04 Å². The van der Waals surface area contributed by atoms with Gasteiger partial charge in [0.2, 0.25) is 0 Å². The monoisotopic (exact) mass is 275 g/mol. The third-order valence-electron chi connectivity index (χ3n) is 4.34. The van der Waals surface area contributed by atoms with E-state index >= 15 is 0 Å². The van der Waals surface area contributed by atoms with Crippen molar-refractivity contribution >= 4 is 23.2 Å². The maximum absolute atomic E-state index is 6.54. The lowest BCUT2D eigenvalue weighted by Crippen LogP contribution is -2.23. The highest BCUT2D eigenvalue weighted by molar-refractivity contribution is 5.86. The molecule has 1 aliphatic carbocycles. The predicted molar refractivity (Wildman–Crippen MR) is 84.7 cm³/mol. The van der Waals surface area contributed by atoms with E-state index in [0.29, 0.717) is 5.92 Å². The molecule has 1 atom stereocenters. The van der Waals surface area contributed by atoms with Gasteiger partial charge in [-0.2, -0.15) is 0 Å². The normalized spacial score (nSPS) is 17.9. The first-order valence-corrected chi connectivity index (χ1v) is 7.09. The van der Waals surface area contributed by atoms with Gasteiger partial charge in [-0.05, 0) is 35.1 Å². The Morgan fingerprint density at radius 1 is 0.895 bits per heavy atom. The van der Waals surface area contributed by atoms with E-state index < -0.39 is 0 Å². The summed E-state index contributed by atoms with van der Waals surface area (Å²) in [5.41, 5.74) is 7.87. The summed E-state index contributed by atoms with van der Waals surface area (Å²) in [5.74, 6) is 0.671. The minimum Gasteiger partial charge on any atom is -0.324 e. The Labute approximate surface area is 121 Å². The zero-order chi connectivity index (χ0) is 12.4. The van der Waals surface area contributed by atoms with Crippen LogP contribution in [0.15, 0.2) is 42.5 Å². The number of hydrogen-bond donors (Lipinski definition) is 1. The average Bonchev–Trinajstić information content (AvgIpc) is 2.47. The van der Waals surface area contributed by atoms with E-state index in [1.165, 1.54) is 48.4 Å². The predicted octanol–water partition coefficient (Wildman–Crippen LogP) is 4.84. The number of rotatable bonds is 2. The fourth-order valence-electron chi connectivity index (χ4n) is 3.29. The van der Waals surface area contributed by atoms with E-state index in [9.17, 15) is 0 Å². The summed E-state index contributed by atoms with van der Waals surface area (Å²) in [6.45, 7) is 0. The van der Waals surface area contributed by atoms with E-state index in [2.05, 4.69) is 42.5 Å². The van der Waals surface area contributed by atoms with Gasteiger partial charge >= 0.3 is 0 Å². The summed E-state index contributed by atoms with van der Waals surface area (Å²) in [6.07, 6.45) is 6.68. The first-order chi connectivity index (χ1) is 8.86. The van der Waals surface area contributed by atoms with E-state index in [1.807, 2.05) is 0 Å². The van der Waals surface area contributed by atoms with Crippen molar-refractivity contribution in [2.24, 2.45) is 11.7 Å². The minimum absolute atomic E-state index is 0. The van der Waals surface area contributed by atoms with Crippen molar-refractivity contribution < 1.29 is 0 Å². The molecule has 0 radical (unpaired) electrons. The Bertz CT molecular complexity index is 526. The summed E-state index contributed by atoms with van der Waals surface area (Å²) < 4.78 is 0. The van der Waals surface area contributed by atoms with Gasteiger partial charge in [-0.3, -0.25) is 0 Å². The maximum atomic E-state index is 6.54. The van der Waals surface area contributed by atoms with Gasteiger partial charge in [-0.15, -0.1) is 12.4 Å². The third-order valence-corrected chi connectivity index (χ3v) is 4.34. The molecule has 2 heteroatoms. The van der Waals surface area contributed by atoms with Gasteiger partial charge in [0.15, 0.2) is 0 Å². The third kappa shape index (κ3) is 2.93. The first-order valence-electron chi connectivity index (χ1n) is 7.09. The van der Waals surface area contributed by atoms with Crippen LogP contribution in [-0.2, 0) is 0 Å². The molecule has 1 aliphatic rings. The van der Waals surface area contributed by atoms with Gasteiger partial charge in [-0.1, -0.05) is 61.7 Å². The summed E-state index contributed by atoms with van der Waals surface area (Å²) in [6, 6.07) is 15.3. The lowest BCUT2D eigenvalue weighted by atomic mass is 9.80. The quantitative estimate of drug-likeness (QED) is 0.834. The molecule has 3 rings (SSSR count). The first kappa shape index (κ1) is 14.4. The van der Waals surface area contributed by atoms with E-state index in [4.69, 9.17) is 5.73 Å². The van der Waals surface area contributed by atoms with Crippen LogP contribution in [-0.4, -0.2) is 0 Å². The summed E-state index contributed by atoms with van der Waals surface area (Å²) >= 11 is 0. The smallest absolute Gasteiger partial charge is 0.0329 e. The van der Waals surface area contributed by atoms with Crippen LogP contribution in [0.25, 0.3) is 10.8 Å². The van der Waals surface area contributed by atoms with Crippen molar-refractivity contribution in [2.75, 3.05) is 0 Å². The number of nitrogens with two attached hydrogens (primary N) is 1. The summed E-state index contributed by atoms with van der Waals surface area (Å²) in [7, 11) is 0. The van der Waals surface area contributed by atoms with Crippen LogP contribution in [0.5, 0.6) is 0 Å². The van der Waals surface area contributed by atoms with Crippen LogP contribution < -0.4 is 5.73 Å². The molecule has 0 amide bonds. The second-order valence-electron chi connectivity index (χ2n) is 5.49. The number of benzene rings is 2. The lowest BCUT2D eigenvalue weighted by Gasteiger charge is -2.28. The molecule has 1 saturated carbocycles. The lowest BCUT2D eigenvalue weighted by molar-refractivity contribution is 0.309. The Morgan fingerprint density at radius 2 is 1.58 bits per heavy atom. The van der Waals surface area contributed by atoms with Crippen molar-refractivity contribution in [1.82, 2.24) is 0 Å². The molecule has 2 N–H and O–H groups in total. The molecule has 0 unspecified atom stereocenters. The molecule has 2 aromatic rings. The van der Waals surface area contributed by atoms with Crippen LogP contribution in [0.3, 0.4) is 0 Å². The van der Waals surface area contributed by atoms with Crippen molar-refractivity contribution in [3.8, 4) is 0 Å². The Balaban J connectivity index is 0.00000133. The number of hydrogen-bond acceptors (Lipinski definition) is 1. The molecule has 0 aliphatic heterocycles. The van der Waals surface area contributed by atoms with Crippen LogP contribution in [0.4, 0.5) is 0 Å². The molecule has 1 fully saturated rings. The largest absolute Gasteiger partial charge is 0.324 e. The highest BCUT2D eigenvalue weighted by Gasteiger charge is 2.22. The molecule has 0 aromatic heterocycles. The molecular weight excluding hydrogens is 254 g/mol. The van der Waals surface area contributed by atoms with Crippen LogP contribution in [0, 0.1) is 5.92 Å². The van der Waals surface area contributed by atoms with Gasteiger partial charge in [0.25, 0.3) is 0 Å². The second kappa shape index (κ2) is 6.40. The fourth-order valence-corrected chi connectivity index (χ4v) is 3.29. The number of halogens is 1. The van der Waals surface area contributed by atoms with Crippen molar-refractivity contribution in [1.29, 1.82) is 0 Å². The average molecular weight is 276 g/mol. The molecular formula is C17H22ClN. The van der Waals surface area contributed by atoms with Gasteiger partial charge in [-0.25, -0.2) is 0 Å². The van der Waals surface area contributed by atoms with Crippen molar-refractivity contribution in [2.45, 2.75) is 38.1 Å². The topological polar surface area (TPSA) is 26.0 Å². The molecule has 2 aromatic carbocycles. The highest BCUT2D eigenvalue weighted by atomic mass is 35.5. The molecule has 0 saturated heterocycles. The molecule has 1 nitrogen and oxygen atoms in total. The molecule has 0 spiro atoms. The van der Waals surface area contributed by atoms with Gasteiger partial charge in [0.1, 0.15) is 0 Å². The molecule has 102 valence electrons. The van der Waals surface area contributed by atoms with E-state index in [-0.39, 0.29) is 18.4 Å². The number of fused-ring (bicyclic) bond motifs is 1. The zero-order valence-corrected chi connectivity index (χ0v) is 12.0. The molecule has 19 heavy (non-hydrogen) atoms. The SMILES string of the molecule is Cl.N[C@H](c1cccc2ccccc12)C1CCCCC1.